The van der Waals surface area contributed by atoms with Gasteiger partial charge in [-0.25, -0.2) is 0 Å². The van der Waals surface area contributed by atoms with Crippen molar-refractivity contribution in [3.8, 4) is 11.5 Å². The van der Waals surface area contributed by atoms with Crippen LogP contribution in [0.5, 0.6) is 11.5 Å². The Labute approximate surface area is 202 Å². The maximum Gasteiger partial charge on any atom is 0.180 e. The number of aromatic nitrogens is 1. The second-order valence-electron chi connectivity index (χ2n) is 7.42. The molecule has 0 aliphatic rings. The Balaban J connectivity index is 1.37. The second kappa shape index (κ2) is 10.5. The van der Waals surface area contributed by atoms with Crippen LogP contribution in [0.2, 0.25) is 15.1 Å². The molecule has 4 rings (SSSR count). The summed E-state index contributed by atoms with van der Waals surface area (Å²) in [5.41, 5.74) is 4.29. The van der Waals surface area contributed by atoms with E-state index in [1.807, 2.05) is 24.3 Å². The monoisotopic (exact) mass is 488 g/mol. The molecule has 0 spiro atoms. The third kappa shape index (κ3) is 5.33. The van der Waals surface area contributed by atoms with Gasteiger partial charge in [0, 0.05) is 39.3 Å². The molecule has 0 bridgehead atoms. The van der Waals surface area contributed by atoms with Crippen molar-refractivity contribution in [2.45, 2.75) is 19.6 Å². The van der Waals surface area contributed by atoms with Gasteiger partial charge in [0.25, 0.3) is 0 Å². The number of hydrogen-bond donors (Lipinski definition) is 2. The quantitative estimate of drug-likeness (QED) is 0.248. The van der Waals surface area contributed by atoms with Gasteiger partial charge in [-0.05, 0) is 54.4 Å². The van der Waals surface area contributed by atoms with Crippen molar-refractivity contribution in [2.75, 3.05) is 13.7 Å². The number of ether oxygens (including phenoxy) is 2. The van der Waals surface area contributed by atoms with Gasteiger partial charge in [0.1, 0.15) is 6.61 Å². The summed E-state index contributed by atoms with van der Waals surface area (Å²) in [6.07, 6.45) is 3.00. The Morgan fingerprint density at radius 3 is 2.59 bits per heavy atom. The lowest BCUT2D eigenvalue weighted by Crippen LogP contribution is -2.16. The van der Waals surface area contributed by atoms with Crippen molar-refractivity contribution in [2.24, 2.45) is 0 Å². The Hall–Kier alpha value is -2.37. The van der Waals surface area contributed by atoms with Crippen LogP contribution in [0.15, 0.2) is 60.8 Å². The molecule has 0 saturated heterocycles. The lowest BCUT2D eigenvalue weighted by atomic mass is 10.1. The Kier molecular flexibility index (Phi) is 7.48. The lowest BCUT2D eigenvalue weighted by molar-refractivity contribution is 0.284. The number of benzene rings is 3. The van der Waals surface area contributed by atoms with E-state index in [-0.39, 0.29) is 6.61 Å². The summed E-state index contributed by atoms with van der Waals surface area (Å²) < 4.78 is 11.5. The molecule has 0 atom stereocenters. The number of halogens is 3. The standard InChI is InChI=1S/C25H23Cl3N2O2/c1-31-24-11-16(13-29-9-8-17-14-30-23-5-3-2-4-20(17)23)10-22(28)25(24)32-15-18-6-7-19(26)12-21(18)27/h2-7,10-12,14,29-30H,8-9,13,15H2,1H3. The van der Waals surface area contributed by atoms with Crippen LogP contribution in [0.4, 0.5) is 0 Å². The maximum absolute atomic E-state index is 6.51. The van der Waals surface area contributed by atoms with Gasteiger partial charge in [-0.3, -0.25) is 0 Å². The van der Waals surface area contributed by atoms with E-state index in [9.17, 15) is 0 Å². The van der Waals surface area contributed by atoms with E-state index < -0.39 is 0 Å². The number of rotatable bonds is 9. The SMILES string of the molecule is COc1cc(CNCCc2c[nH]c3ccccc23)cc(Cl)c1OCc1ccc(Cl)cc1Cl. The summed E-state index contributed by atoms with van der Waals surface area (Å²) in [6, 6.07) is 17.4. The average Bonchev–Trinajstić information content (AvgIpc) is 3.20. The molecular weight excluding hydrogens is 467 g/mol. The number of aromatic amines is 1. The molecule has 0 saturated carbocycles. The minimum atomic E-state index is 0.258. The predicted molar refractivity (Wildman–Crippen MR) is 133 cm³/mol. The molecule has 32 heavy (non-hydrogen) atoms. The molecule has 1 heterocycles. The highest BCUT2D eigenvalue weighted by Gasteiger charge is 2.13. The lowest BCUT2D eigenvalue weighted by Gasteiger charge is -2.15. The van der Waals surface area contributed by atoms with Crippen LogP contribution < -0.4 is 14.8 Å². The molecule has 0 aliphatic carbocycles. The molecule has 3 aromatic carbocycles. The average molecular weight is 490 g/mol. The number of para-hydroxylation sites is 1. The molecule has 7 heteroatoms. The minimum absolute atomic E-state index is 0.258. The van der Waals surface area contributed by atoms with Crippen molar-refractivity contribution >= 4 is 45.7 Å². The number of hydrogen-bond acceptors (Lipinski definition) is 3. The summed E-state index contributed by atoms with van der Waals surface area (Å²) in [4.78, 5) is 3.31. The van der Waals surface area contributed by atoms with Crippen LogP contribution in [0.3, 0.4) is 0 Å². The van der Waals surface area contributed by atoms with Crippen LogP contribution >= 0.6 is 34.8 Å². The van der Waals surface area contributed by atoms with E-state index >= 15 is 0 Å². The van der Waals surface area contributed by atoms with Crippen molar-refractivity contribution in [1.29, 1.82) is 0 Å². The fourth-order valence-corrected chi connectivity index (χ4v) is 4.35. The zero-order valence-corrected chi connectivity index (χ0v) is 19.8. The van der Waals surface area contributed by atoms with Gasteiger partial charge in [-0.15, -0.1) is 0 Å². The topological polar surface area (TPSA) is 46.3 Å². The van der Waals surface area contributed by atoms with Crippen LogP contribution in [-0.2, 0) is 19.6 Å². The predicted octanol–water partition coefficient (Wildman–Crippen LogP) is 7.05. The molecule has 2 N–H and O–H groups in total. The Morgan fingerprint density at radius 1 is 0.938 bits per heavy atom. The van der Waals surface area contributed by atoms with E-state index in [1.54, 1.807) is 19.2 Å². The highest BCUT2D eigenvalue weighted by atomic mass is 35.5. The number of methoxy groups -OCH3 is 1. The number of nitrogens with one attached hydrogen (secondary N) is 2. The Morgan fingerprint density at radius 2 is 1.78 bits per heavy atom. The third-order valence-electron chi connectivity index (χ3n) is 5.25. The molecule has 1 aromatic heterocycles. The van der Waals surface area contributed by atoms with Gasteiger partial charge < -0.3 is 19.8 Å². The number of fused-ring (bicyclic) bond motifs is 1. The molecule has 0 amide bonds. The summed E-state index contributed by atoms with van der Waals surface area (Å²) in [5, 5.41) is 6.35. The van der Waals surface area contributed by atoms with Crippen LogP contribution in [-0.4, -0.2) is 18.6 Å². The highest BCUT2D eigenvalue weighted by molar-refractivity contribution is 6.35. The highest BCUT2D eigenvalue weighted by Crippen LogP contribution is 2.37. The van der Waals surface area contributed by atoms with Gasteiger partial charge in [-0.2, -0.15) is 0 Å². The Bertz CT molecular complexity index is 1220. The zero-order chi connectivity index (χ0) is 22.5. The summed E-state index contributed by atoms with van der Waals surface area (Å²) in [7, 11) is 1.60. The van der Waals surface area contributed by atoms with Gasteiger partial charge >= 0.3 is 0 Å². The molecule has 0 radical (unpaired) electrons. The van der Waals surface area contributed by atoms with E-state index in [4.69, 9.17) is 44.3 Å². The maximum atomic E-state index is 6.51. The third-order valence-corrected chi connectivity index (χ3v) is 6.12. The molecule has 4 aromatic rings. The summed E-state index contributed by atoms with van der Waals surface area (Å²) >= 11 is 18.7. The zero-order valence-electron chi connectivity index (χ0n) is 17.6. The summed E-state index contributed by atoms with van der Waals surface area (Å²) in [6.45, 7) is 1.77. The van der Waals surface area contributed by atoms with Crippen molar-refractivity contribution in [1.82, 2.24) is 10.3 Å². The van der Waals surface area contributed by atoms with E-state index in [2.05, 4.69) is 34.7 Å². The second-order valence-corrected chi connectivity index (χ2v) is 8.67. The fourth-order valence-electron chi connectivity index (χ4n) is 3.60. The molecule has 166 valence electrons. The van der Waals surface area contributed by atoms with Gasteiger partial charge in [0.05, 0.1) is 12.1 Å². The van der Waals surface area contributed by atoms with Gasteiger partial charge in [-0.1, -0.05) is 59.1 Å². The van der Waals surface area contributed by atoms with E-state index in [0.29, 0.717) is 33.1 Å². The molecule has 0 fully saturated rings. The summed E-state index contributed by atoms with van der Waals surface area (Å²) in [5.74, 6) is 1.07. The largest absolute Gasteiger partial charge is 0.493 e. The fraction of sp³-hybridized carbons (Fsp3) is 0.200. The molecule has 4 nitrogen and oxygen atoms in total. The molecular formula is C25H23Cl3N2O2. The van der Waals surface area contributed by atoms with Crippen molar-refractivity contribution < 1.29 is 9.47 Å². The van der Waals surface area contributed by atoms with Crippen LogP contribution in [0.1, 0.15) is 16.7 Å². The minimum Gasteiger partial charge on any atom is -0.493 e. The first kappa shape index (κ1) is 22.8. The van der Waals surface area contributed by atoms with Gasteiger partial charge in [0.2, 0.25) is 0 Å². The van der Waals surface area contributed by atoms with E-state index in [0.717, 1.165) is 29.6 Å². The van der Waals surface area contributed by atoms with Gasteiger partial charge in [0.15, 0.2) is 11.5 Å². The van der Waals surface area contributed by atoms with Crippen LogP contribution in [0, 0.1) is 0 Å². The smallest absolute Gasteiger partial charge is 0.180 e. The number of H-pyrrole nitrogens is 1. The first-order valence-corrected chi connectivity index (χ1v) is 11.4. The van der Waals surface area contributed by atoms with Crippen LogP contribution in [0.25, 0.3) is 10.9 Å². The molecule has 0 unspecified atom stereocenters. The van der Waals surface area contributed by atoms with Crippen molar-refractivity contribution in [3.63, 3.8) is 0 Å². The first-order valence-electron chi connectivity index (χ1n) is 10.2. The molecule has 0 aliphatic heterocycles. The first-order chi connectivity index (χ1) is 15.5. The van der Waals surface area contributed by atoms with E-state index in [1.165, 1.54) is 10.9 Å². The normalized spacial score (nSPS) is 11.1. The van der Waals surface area contributed by atoms with Crippen molar-refractivity contribution in [3.05, 3.63) is 92.6 Å².